The van der Waals surface area contributed by atoms with Crippen LogP contribution in [0.4, 0.5) is 0 Å². The molecule has 1 aromatic carbocycles. The van der Waals surface area contributed by atoms with Crippen LogP contribution in [0.15, 0.2) is 39.2 Å². The minimum Gasteiger partial charge on any atom is -0.315 e. The summed E-state index contributed by atoms with van der Waals surface area (Å²) in [6, 6.07) is 4.87. The van der Waals surface area contributed by atoms with E-state index in [1.165, 1.54) is 35.8 Å². The maximum absolute atomic E-state index is 12.3. The third kappa shape index (κ3) is 3.64. The number of aryl methyl sites for hydroxylation is 1. The molecule has 0 aliphatic carbocycles. The fraction of sp³-hybridized carbons (Fsp3) is 0.188. The van der Waals surface area contributed by atoms with Gasteiger partial charge in [0, 0.05) is 24.7 Å². The molecule has 0 spiro atoms. The first-order valence-electron chi connectivity index (χ1n) is 7.67. The van der Waals surface area contributed by atoms with E-state index in [9.17, 15) is 14.4 Å². The fourth-order valence-corrected chi connectivity index (χ4v) is 2.94. The van der Waals surface area contributed by atoms with Gasteiger partial charge in [-0.05, 0) is 12.1 Å². The van der Waals surface area contributed by atoms with Crippen LogP contribution in [0.3, 0.4) is 0 Å². The first-order valence-corrected chi connectivity index (χ1v) is 8.43. The Kier molecular flexibility index (Phi) is 5.15. The molecule has 140 valence electrons. The van der Waals surface area contributed by atoms with Gasteiger partial charge in [0.25, 0.3) is 11.5 Å². The van der Waals surface area contributed by atoms with Gasteiger partial charge in [-0.3, -0.25) is 18.7 Å². The summed E-state index contributed by atoms with van der Waals surface area (Å²) < 4.78 is 3.56. The predicted molar refractivity (Wildman–Crippen MR) is 102 cm³/mol. The number of rotatable bonds is 4. The van der Waals surface area contributed by atoms with E-state index < -0.39 is 17.2 Å². The normalized spacial score (nSPS) is 11.4. The van der Waals surface area contributed by atoms with Gasteiger partial charge >= 0.3 is 5.69 Å². The first-order chi connectivity index (χ1) is 12.8. The Morgan fingerprint density at radius 2 is 2.00 bits per heavy atom. The zero-order chi connectivity index (χ0) is 19.7. The van der Waals surface area contributed by atoms with Crippen LogP contribution in [0.5, 0.6) is 0 Å². The molecule has 0 saturated carbocycles. The van der Waals surface area contributed by atoms with Gasteiger partial charge < -0.3 is 4.57 Å². The molecule has 0 saturated heterocycles. The number of aromatic nitrogens is 4. The van der Waals surface area contributed by atoms with E-state index in [0.29, 0.717) is 15.6 Å². The second kappa shape index (κ2) is 7.37. The number of hydrogen-bond donors (Lipinski definition) is 1. The molecule has 0 aliphatic heterocycles. The van der Waals surface area contributed by atoms with Gasteiger partial charge in [0.15, 0.2) is 11.2 Å². The van der Waals surface area contributed by atoms with Gasteiger partial charge in [-0.25, -0.2) is 15.2 Å². The van der Waals surface area contributed by atoms with E-state index in [4.69, 9.17) is 23.2 Å². The third-order valence-electron chi connectivity index (χ3n) is 3.89. The second-order valence-corrected chi connectivity index (χ2v) is 6.55. The number of carbonyl (C=O) groups is 1. The lowest BCUT2D eigenvalue weighted by Gasteiger charge is -2.06. The molecule has 1 N–H and O–H groups in total. The Bertz CT molecular complexity index is 1190. The van der Waals surface area contributed by atoms with Crippen LogP contribution in [-0.4, -0.2) is 30.8 Å². The smallest absolute Gasteiger partial charge is 0.315 e. The number of carbonyl (C=O) groups excluding carboxylic acids is 1. The second-order valence-electron chi connectivity index (χ2n) is 5.71. The summed E-state index contributed by atoms with van der Waals surface area (Å²) in [6.07, 6.45) is 2.70. The van der Waals surface area contributed by atoms with Crippen molar-refractivity contribution in [2.24, 2.45) is 19.2 Å². The van der Waals surface area contributed by atoms with Crippen molar-refractivity contribution in [2.45, 2.75) is 6.54 Å². The van der Waals surface area contributed by atoms with E-state index >= 15 is 0 Å². The summed E-state index contributed by atoms with van der Waals surface area (Å²) in [4.78, 5) is 40.4. The maximum Gasteiger partial charge on any atom is 0.332 e. The molecule has 0 radical (unpaired) electrons. The quantitative estimate of drug-likeness (QED) is 0.511. The van der Waals surface area contributed by atoms with Gasteiger partial charge in [-0.15, -0.1) is 0 Å². The number of nitrogens with one attached hydrogen (secondary N) is 1. The van der Waals surface area contributed by atoms with E-state index in [1.807, 2.05) is 0 Å². The van der Waals surface area contributed by atoms with E-state index in [-0.39, 0.29) is 17.7 Å². The topological polar surface area (TPSA) is 103 Å². The average molecular weight is 409 g/mol. The van der Waals surface area contributed by atoms with Crippen LogP contribution in [-0.2, 0) is 25.4 Å². The van der Waals surface area contributed by atoms with Crippen molar-refractivity contribution in [3.05, 3.63) is 61.0 Å². The molecule has 0 fully saturated rings. The SMILES string of the molecule is Cn1c(=O)c2c(ncn2CC(=O)N/N=C\c2ccc(Cl)cc2Cl)n(C)c1=O. The van der Waals surface area contributed by atoms with Crippen molar-refractivity contribution in [2.75, 3.05) is 0 Å². The van der Waals surface area contributed by atoms with Crippen molar-refractivity contribution in [3.63, 3.8) is 0 Å². The molecule has 3 aromatic rings. The van der Waals surface area contributed by atoms with Crippen LogP contribution in [0.1, 0.15) is 5.56 Å². The monoisotopic (exact) mass is 408 g/mol. The van der Waals surface area contributed by atoms with Crippen molar-refractivity contribution < 1.29 is 4.79 Å². The molecule has 9 nitrogen and oxygen atoms in total. The summed E-state index contributed by atoms with van der Waals surface area (Å²) in [5.74, 6) is -0.480. The molecule has 0 atom stereocenters. The Morgan fingerprint density at radius 1 is 1.26 bits per heavy atom. The van der Waals surface area contributed by atoms with Gasteiger partial charge in [-0.2, -0.15) is 5.10 Å². The van der Waals surface area contributed by atoms with E-state index in [2.05, 4.69) is 15.5 Å². The van der Waals surface area contributed by atoms with Crippen molar-refractivity contribution in [3.8, 4) is 0 Å². The molecule has 1 amide bonds. The largest absolute Gasteiger partial charge is 0.332 e. The summed E-state index contributed by atoms with van der Waals surface area (Å²) in [5.41, 5.74) is 2.26. The van der Waals surface area contributed by atoms with Crippen LogP contribution in [0.25, 0.3) is 11.2 Å². The average Bonchev–Trinajstić information content (AvgIpc) is 3.03. The number of halogens is 2. The molecule has 27 heavy (non-hydrogen) atoms. The lowest BCUT2D eigenvalue weighted by atomic mass is 10.2. The van der Waals surface area contributed by atoms with Crippen LogP contribution < -0.4 is 16.7 Å². The highest BCUT2D eigenvalue weighted by atomic mass is 35.5. The Labute approximate surface area is 162 Å². The van der Waals surface area contributed by atoms with Crippen LogP contribution >= 0.6 is 23.2 Å². The zero-order valence-corrected chi connectivity index (χ0v) is 15.8. The summed E-state index contributed by atoms with van der Waals surface area (Å²) in [7, 11) is 2.86. The number of amides is 1. The van der Waals surface area contributed by atoms with E-state index in [0.717, 1.165) is 4.57 Å². The fourth-order valence-electron chi connectivity index (χ4n) is 2.49. The van der Waals surface area contributed by atoms with Crippen molar-refractivity contribution in [1.82, 2.24) is 24.1 Å². The Balaban J connectivity index is 1.80. The lowest BCUT2D eigenvalue weighted by Crippen LogP contribution is -2.38. The highest BCUT2D eigenvalue weighted by Crippen LogP contribution is 2.19. The summed E-state index contributed by atoms with van der Waals surface area (Å²) >= 11 is 11.8. The number of imidazole rings is 1. The van der Waals surface area contributed by atoms with Gasteiger partial charge in [0.2, 0.25) is 0 Å². The minimum atomic E-state index is -0.533. The van der Waals surface area contributed by atoms with Crippen LogP contribution in [0.2, 0.25) is 10.0 Å². The molecule has 0 aliphatic rings. The number of hydrazone groups is 1. The summed E-state index contributed by atoms with van der Waals surface area (Å²) in [5, 5.41) is 4.72. The Morgan fingerprint density at radius 3 is 2.70 bits per heavy atom. The molecule has 3 rings (SSSR count). The number of fused-ring (bicyclic) bond motifs is 1. The van der Waals surface area contributed by atoms with Crippen molar-refractivity contribution >= 4 is 46.5 Å². The zero-order valence-electron chi connectivity index (χ0n) is 14.3. The van der Waals surface area contributed by atoms with Crippen molar-refractivity contribution in [1.29, 1.82) is 0 Å². The van der Waals surface area contributed by atoms with E-state index in [1.54, 1.807) is 18.2 Å². The standard InChI is InChI=1S/C16H14Cl2N6O3/c1-22-14-13(15(26)23(2)16(22)27)24(8-19-14)7-12(25)21-20-6-9-3-4-10(17)5-11(9)18/h3-6,8H,7H2,1-2H3,(H,21,25)/b20-6-. The van der Waals surface area contributed by atoms with Crippen LogP contribution in [0, 0.1) is 0 Å². The molecule has 0 bridgehead atoms. The maximum atomic E-state index is 12.3. The Hall–Kier alpha value is -2.91. The van der Waals surface area contributed by atoms with Gasteiger partial charge in [-0.1, -0.05) is 29.3 Å². The molecule has 2 aromatic heterocycles. The first kappa shape index (κ1) is 18.9. The number of benzene rings is 1. The molecule has 0 unspecified atom stereocenters. The highest BCUT2D eigenvalue weighted by molar-refractivity contribution is 6.36. The number of hydrogen-bond acceptors (Lipinski definition) is 5. The third-order valence-corrected chi connectivity index (χ3v) is 4.45. The molecule has 11 heteroatoms. The highest BCUT2D eigenvalue weighted by Gasteiger charge is 2.15. The van der Waals surface area contributed by atoms with Gasteiger partial charge in [0.1, 0.15) is 6.54 Å². The lowest BCUT2D eigenvalue weighted by molar-refractivity contribution is -0.121. The summed E-state index contributed by atoms with van der Waals surface area (Å²) in [6.45, 7) is -0.199. The molecular weight excluding hydrogens is 395 g/mol. The molecular formula is C16H14Cl2N6O3. The minimum absolute atomic E-state index is 0.152. The predicted octanol–water partition coefficient (Wildman–Crippen LogP) is 0.891. The van der Waals surface area contributed by atoms with Gasteiger partial charge in [0.05, 0.1) is 17.6 Å². The number of nitrogens with zero attached hydrogens (tertiary/aromatic N) is 5. The molecule has 2 heterocycles.